The molecule has 5 heteroatoms. The normalized spacial score (nSPS) is 13.9. The van der Waals surface area contributed by atoms with E-state index in [1.807, 2.05) is 19.1 Å². The van der Waals surface area contributed by atoms with Crippen LogP contribution in [-0.4, -0.2) is 16.0 Å². The molecule has 0 aromatic carbocycles. The number of carbonyl (C=O) groups excluding carboxylic acids is 1. The Kier molecular flexibility index (Phi) is 3.03. The Morgan fingerprint density at radius 3 is 3.05 bits per heavy atom. The van der Waals surface area contributed by atoms with Crippen molar-refractivity contribution in [3.8, 4) is 0 Å². The molecule has 1 aliphatic carbocycles. The molecule has 0 bridgehead atoms. The number of rotatable bonds is 2. The number of anilines is 1. The second-order valence-electron chi connectivity index (χ2n) is 4.76. The van der Waals surface area contributed by atoms with Crippen LogP contribution in [0.5, 0.6) is 0 Å². The molecule has 1 amide bonds. The van der Waals surface area contributed by atoms with E-state index in [4.69, 9.17) is 4.52 Å². The first-order valence-corrected chi connectivity index (χ1v) is 6.46. The monoisotopic (exact) mass is 257 g/mol. The SMILES string of the molecule is Cc1cccnc1C(=O)Nc1noc2c1CCCC2. The molecule has 0 fully saturated rings. The van der Waals surface area contributed by atoms with E-state index in [0.29, 0.717) is 11.5 Å². The van der Waals surface area contributed by atoms with Crippen LogP contribution in [0.4, 0.5) is 5.82 Å². The molecule has 98 valence electrons. The highest BCUT2D eigenvalue weighted by atomic mass is 16.5. The maximum absolute atomic E-state index is 12.2. The third-order valence-corrected chi connectivity index (χ3v) is 3.41. The smallest absolute Gasteiger partial charge is 0.275 e. The van der Waals surface area contributed by atoms with Gasteiger partial charge >= 0.3 is 0 Å². The van der Waals surface area contributed by atoms with Crippen molar-refractivity contribution >= 4 is 11.7 Å². The Labute approximate surface area is 111 Å². The minimum atomic E-state index is -0.236. The van der Waals surface area contributed by atoms with E-state index in [-0.39, 0.29) is 5.91 Å². The van der Waals surface area contributed by atoms with Crippen LogP contribution in [0.3, 0.4) is 0 Å². The van der Waals surface area contributed by atoms with Crippen molar-refractivity contribution in [1.82, 2.24) is 10.1 Å². The predicted molar refractivity (Wildman–Crippen MR) is 70.1 cm³/mol. The molecule has 2 aromatic rings. The number of fused-ring (bicyclic) bond motifs is 1. The molecule has 2 heterocycles. The molecule has 0 radical (unpaired) electrons. The number of aryl methyl sites for hydroxylation is 2. The molecule has 0 atom stereocenters. The van der Waals surface area contributed by atoms with Gasteiger partial charge in [0.15, 0.2) is 5.82 Å². The summed E-state index contributed by atoms with van der Waals surface area (Å²) in [6.45, 7) is 1.86. The molecule has 0 saturated carbocycles. The standard InChI is InChI=1S/C14H15N3O2/c1-9-5-4-8-15-12(9)14(18)16-13-10-6-2-3-7-11(10)19-17-13/h4-5,8H,2-3,6-7H2,1H3,(H,16,17,18). The van der Waals surface area contributed by atoms with Gasteiger partial charge in [-0.25, -0.2) is 0 Å². The van der Waals surface area contributed by atoms with E-state index >= 15 is 0 Å². The van der Waals surface area contributed by atoms with Crippen molar-refractivity contribution in [2.75, 3.05) is 5.32 Å². The van der Waals surface area contributed by atoms with E-state index in [1.54, 1.807) is 6.20 Å². The van der Waals surface area contributed by atoms with Gasteiger partial charge in [-0.3, -0.25) is 9.78 Å². The molecule has 2 aromatic heterocycles. The van der Waals surface area contributed by atoms with E-state index < -0.39 is 0 Å². The Morgan fingerprint density at radius 2 is 2.21 bits per heavy atom. The van der Waals surface area contributed by atoms with Crippen LogP contribution in [0.15, 0.2) is 22.9 Å². The van der Waals surface area contributed by atoms with Crippen molar-refractivity contribution in [1.29, 1.82) is 0 Å². The molecule has 19 heavy (non-hydrogen) atoms. The average molecular weight is 257 g/mol. The van der Waals surface area contributed by atoms with Gasteiger partial charge in [-0.05, 0) is 37.8 Å². The van der Waals surface area contributed by atoms with Crippen molar-refractivity contribution in [3.05, 3.63) is 40.9 Å². The van der Waals surface area contributed by atoms with Crippen molar-refractivity contribution in [3.63, 3.8) is 0 Å². The van der Waals surface area contributed by atoms with Gasteiger partial charge in [-0.2, -0.15) is 0 Å². The number of nitrogens with zero attached hydrogens (tertiary/aromatic N) is 2. The Balaban J connectivity index is 1.84. The first-order chi connectivity index (χ1) is 9.25. The zero-order valence-corrected chi connectivity index (χ0v) is 10.8. The summed E-state index contributed by atoms with van der Waals surface area (Å²) in [4.78, 5) is 16.3. The van der Waals surface area contributed by atoms with Crippen LogP contribution in [-0.2, 0) is 12.8 Å². The fraction of sp³-hybridized carbons (Fsp3) is 0.357. The summed E-state index contributed by atoms with van der Waals surface area (Å²) in [5.41, 5.74) is 2.31. The second-order valence-corrected chi connectivity index (χ2v) is 4.76. The topological polar surface area (TPSA) is 68.0 Å². The van der Waals surface area contributed by atoms with Crippen molar-refractivity contribution < 1.29 is 9.32 Å². The van der Waals surface area contributed by atoms with Gasteiger partial charge in [0.1, 0.15) is 11.5 Å². The van der Waals surface area contributed by atoms with Crippen LogP contribution < -0.4 is 5.32 Å². The fourth-order valence-electron chi connectivity index (χ4n) is 2.37. The van der Waals surface area contributed by atoms with Crippen LogP contribution >= 0.6 is 0 Å². The number of carbonyl (C=O) groups is 1. The molecule has 1 aliphatic rings. The lowest BCUT2D eigenvalue weighted by Gasteiger charge is -2.09. The second kappa shape index (κ2) is 4.84. The quantitative estimate of drug-likeness (QED) is 0.897. The van der Waals surface area contributed by atoms with Crippen molar-refractivity contribution in [2.24, 2.45) is 0 Å². The minimum absolute atomic E-state index is 0.236. The summed E-state index contributed by atoms with van der Waals surface area (Å²) < 4.78 is 5.27. The van der Waals surface area contributed by atoms with Gasteiger partial charge in [-0.15, -0.1) is 0 Å². The lowest BCUT2D eigenvalue weighted by molar-refractivity contribution is 0.102. The molecule has 0 aliphatic heterocycles. The van der Waals surface area contributed by atoms with Gasteiger partial charge < -0.3 is 9.84 Å². The van der Waals surface area contributed by atoms with Crippen molar-refractivity contribution in [2.45, 2.75) is 32.6 Å². The summed E-state index contributed by atoms with van der Waals surface area (Å²) in [7, 11) is 0. The van der Waals surface area contributed by atoms with Gasteiger partial charge in [0.25, 0.3) is 5.91 Å². The third kappa shape index (κ3) is 2.23. The Hall–Kier alpha value is -2.17. The maximum atomic E-state index is 12.2. The summed E-state index contributed by atoms with van der Waals surface area (Å²) in [6, 6.07) is 3.67. The number of aromatic nitrogens is 2. The van der Waals surface area contributed by atoms with Gasteiger partial charge in [0.2, 0.25) is 0 Å². The first kappa shape index (κ1) is 11.9. The summed E-state index contributed by atoms with van der Waals surface area (Å²) >= 11 is 0. The third-order valence-electron chi connectivity index (χ3n) is 3.41. The van der Waals surface area contributed by atoms with Crippen LogP contribution in [0.25, 0.3) is 0 Å². The van der Waals surface area contributed by atoms with Crippen LogP contribution in [0, 0.1) is 6.92 Å². The van der Waals surface area contributed by atoms with E-state index in [2.05, 4.69) is 15.5 Å². The molecule has 3 rings (SSSR count). The summed E-state index contributed by atoms with van der Waals surface area (Å²) in [5, 5.41) is 6.76. The minimum Gasteiger partial charge on any atom is -0.359 e. The highest BCUT2D eigenvalue weighted by molar-refractivity contribution is 6.03. The molecule has 0 spiro atoms. The Morgan fingerprint density at radius 1 is 1.37 bits per heavy atom. The van der Waals surface area contributed by atoms with E-state index in [9.17, 15) is 4.79 Å². The zero-order chi connectivity index (χ0) is 13.2. The van der Waals surface area contributed by atoms with E-state index in [0.717, 1.165) is 42.6 Å². The summed E-state index contributed by atoms with van der Waals surface area (Å²) in [6.07, 6.45) is 5.66. The van der Waals surface area contributed by atoms with Gasteiger partial charge in [0, 0.05) is 18.2 Å². The largest absolute Gasteiger partial charge is 0.359 e. The number of hydrogen-bond donors (Lipinski definition) is 1. The average Bonchev–Trinajstić information content (AvgIpc) is 2.83. The summed E-state index contributed by atoms with van der Waals surface area (Å²) in [5.74, 6) is 1.21. The lowest BCUT2D eigenvalue weighted by Crippen LogP contribution is -2.16. The molecule has 0 unspecified atom stereocenters. The molecule has 1 N–H and O–H groups in total. The fourth-order valence-corrected chi connectivity index (χ4v) is 2.37. The maximum Gasteiger partial charge on any atom is 0.275 e. The molecule has 0 saturated heterocycles. The highest BCUT2D eigenvalue weighted by Crippen LogP contribution is 2.27. The van der Waals surface area contributed by atoms with E-state index in [1.165, 1.54) is 0 Å². The highest BCUT2D eigenvalue weighted by Gasteiger charge is 2.21. The number of nitrogens with one attached hydrogen (secondary N) is 1. The first-order valence-electron chi connectivity index (χ1n) is 6.46. The molecular weight excluding hydrogens is 242 g/mol. The Bertz CT molecular complexity index is 619. The van der Waals surface area contributed by atoms with Crippen LogP contribution in [0.1, 0.15) is 40.2 Å². The van der Waals surface area contributed by atoms with Gasteiger partial charge in [-0.1, -0.05) is 11.2 Å². The van der Waals surface area contributed by atoms with Crippen LogP contribution in [0.2, 0.25) is 0 Å². The molecular formula is C14H15N3O2. The lowest BCUT2D eigenvalue weighted by atomic mass is 9.98. The number of hydrogen-bond acceptors (Lipinski definition) is 4. The number of pyridine rings is 1. The van der Waals surface area contributed by atoms with Gasteiger partial charge in [0.05, 0.1) is 0 Å². The predicted octanol–water partition coefficient (Wildman–Crippen LogP) is 2.51. The number of amides is 1. The zero-order valence-electron chi connectivity index (χ0n) is 10.8. The molecule has 5 nitrogen and oxygen atoms in total.